The van der Waals surface area contributed by atoms with E-state index in [4.69, 9.17) is 18.5 Å². The molecule has 0 aliphatic heterocycles. The van der Waals surface area contributed by atoms with E-state index in [0.29, 0.717) is 25.0 Å². The molecule has 2 aromatic carbocycles. The standard InChI is InChI=1S/C26H36N3O8P.C2H6/c1-5-15-35-26(32)17-28-38(33,37-24-12-8-10-21-9-6-7-11-23(21)24)36-18-22(34-4)16-20(2)29(19-30)14-13-25(31)27-3;1-2/h6-14,19-20,22H,5,15-18H2,1-4H3,(H,27,31)(H,28,33);1-2H3/b14-13-;. The zero-order valence-corrected chi connectivity index (χ0v) is 25.0. The van der Waals surface area contributed by atoms with Crippen molar-refractivity contribution in [2.75, 3.05) is 33.9 Å². The first-order valence-electron chi connectivity index (χ1n) is 13.2. The molecule has 0 aromatic heterocycles. The highest BCUT2D eigenvalue weighted by atomic mass is 31.2. The van der Waals surface area contributed by atoms with Gasteiger partial charge in [-0.25, -0.2) is 9.65 Å². The summed E-state index contributed by atoms with van der Waals surface area (Å²) in [5, 5.41) is 6.61. The predicted molar refractivity (Wildman–Crippen MR) is 155 cm³/mol. The van der Waals surface area contributed by atoms with Crippen molar-refractivity contribution in [1.29, 1.82) is 0 Å². The second-order valence-corrected chi connectivity index (χ2v) is 10.1. The molecule has 0 radical (unpaired) electrons. The van der Waals surface area contributed by atoms with E-state index < -0.39 is 19.8 Å². The van der Waals surface area contributed by atoms with Crippen LogP contribution in [-0.4, -0.2) is 69.2 Å². The number of esters is 1. The number of rotatable bonds is 17. The molecule has 0 spiro atoms. The zero-order valence-electron chi connectivity index (χ0n) is 24.1. The second-order valence-electron chi connectivity index (χ2n) is 8.34. The van der Waals surface area contributed by atoms with Crippen LogP contribution in [0.15, 0.2) is 54.7 Å². The van der Waals surface area contributed by atoms with Crippen LogP contribution < -0.4 is 14.9 Å². The molecular formula is C28H42N3O8P. The fourth-order valence-electron chi connectivity index (χ4n) is 3.38. The largest absolute Gasteiger partial charge is 0.465 e. The first kappa shape index (κ1) is 34.8. The number of benzene rings is 2. The third-order valence-corrected chi connectivity index (χ3v) is 6.97. The van der Waals surface area contributed by atoms with Gasteiger partial charge in [0, 0.05) is 37.9 Å². The number of hydrogen-bond acceptors (Lipinski definition) is 8. The van der Waals surface area contributed by atoms with Gasteiger partial charge in [0.1, 0.15) is 12.3 Å². The first-order chi connectivity index (χ1) is 19.2. The van der Waals surface area contributed by atoms with E-state index >= 15 is 0 Å². The van der Waals surface area contributed by atoms with E-state index in [-0.39, 0.29) is 31.7 Å². The molecule has 222 valence electrons. The number of fused-ring (bicyclic) bond motifs is 1. The van der Waals surface area contributed by atoms with Crippen molar-refractivity contribution < 1.29 is 37.5 Å². The Morgan fingerprint density at radius 3 is 2.48 bits per heavy atom. The quantitative estimate of drug-likeness (QED) is 0.121. The Kier molecular flexibility index (Phi) is 16.5. The monoisotopic (exact) mass is 579 g/mol. The minimum Gasteiger partial charge on any atom is -0.465 e. The molecule has 3 atom stereocenters. The van der Waals surface area contributed by atoms with Crippen LogP contribution in [0.25, 0.3) is 10.8 Å². The molecular weight excluding hydrogens is 537 g/mol. The summed E-state index contributed by atoms with van der Waals surface area (Å²) in [6.45, 7) is 7.30. The topological polar surface area (TPSA) is 132 Å². The SMILES string of the molecule is CC.CCCOC(=O)CNP(=O)(OCC(CC(C)N(C=O)/C=C\C(=O)NC)OC)Oc1cccc2ccccc12. The molecule has 0 bridgehead atoms. The highest BCUT2D eigenvalue weighted by Crippen LogP contribution is 2.46. The lowest BCUT2D eigenvalue weighted by molar-refractivity contribution is -0.142. The van der Waals surface area contributed by atoms with Crippen molar-refractivity contribution in [1.82, 2.24) is 15.3 Å². The average molecular weight is 580 g/mol. The minimum atomic E-state index is -4.08. The van der Waals surface area contributed by atoms with Crippen molar-refractivity contribution >= 4 is 36.8 Å². The molecule has 2 amide bonds. The average Bonchev–Trinajstić information content (AvgIpc) is 2.98. The van der Waals surface area contributed by atoms with E-state index in [1.807, 2.05) is 51.1 Å². The van der Waals surface area contributed by atoms with Gasteiger partial charge in [-0.1, -0.05) is 57.2 Å². The van der Waals surface area contributed by atoms with Gasteiger partial charge in [-0.3, -0.25) is 18.9 Å². The molecule has 2 N–H and O–H groups in total. The molecule has 2 aromatic rings. The lowest BCUT2D eigenvalue weighted by Gasteiger charge is -2.27. The molecule has 0 saturated heterocycles. The molecule has 11 nitrogen and oxygen atoms in total. The number of methoxy groups -OCH3 is 1. The number of likely N-dealkylation sites (N-methyl/N-ethyl adjacent to an activating group) is 1. The first-order valence-corrected chi connectivity index (χ1v) is 14.8. The molecule has 0 heterocycles. The third-order valence-electron chi connectivity index (χ3n) is 5.50. The van der Waals surface area contributed by atoms with Crippen LogP contribution in [0.4, 0.5) is 0 Å². The Labute approximate surface area is 236 Å². The maximum Gasteiger partial charge on any atom is 0.459 e. The summed E-state index contributed by atoms with van der Waals surface area (Å²) in [6.07, 6.45) is 3.53. The number of nitrogens with zero attached hydrogens (tertiary/aromatic N) is 1. The number of amides is 2. The van der Waals surface area contributed by atoms with Crippen LogP contribution >= 0.6 is 7.75 Å². The van der Waals surface area contributed by atoms with Crippen molar-refractivity contribution in [3.8, 4) is 5.75 Å². The fourth-order valence-corrected chi connectivity index (χ4v) is 4.69. The zero-order chi connectivity index (χ0) is 30.0. The summed E-state index contributed by atoms with van der Waals surface area (Å²) in [4.78, 5) is 36.4. The Morgan fingerprint density at radius 1 is 1.12 bits per heavy atom. The van der Waals surface area contributed by atoms with Gasteiger partial charge in [0.25, 0.3) is 0 Å². The summed E-state index contributed by atoms with van der Waals surface area (Å²) in [7, 11) is -1.14. The number of ether oxygens (including phenoxy) is 2. The lowest BCUT2D eigenvalue weighted by atomic mass is 10.1. The van der Waals surface area contributed by atoms with Crippen molar-refractivity contribution in [2.45, 2.75) is 52.7 Å². The number of carbonyl (C=O) groups is 3. The Bertz CT molecular complexity index is 1140. The number of carbonyl (C=O) groups excluding carboxylic acids is 3. The Hall–Kier alpha value is -3.24. The number of nitrogens with one attached hydrogen (secondary N) is 2. The Morgan fingerprint density at radius 2 is 1.82 bits per heavy atom. The van der Waals surface area contributed by atoms with Crippen LogP contribution in [0.1, 0.15) is 40.5 Å². The normalized spacial score (nSPS) is 13.8. The van der Waals surface area contributed by atoms with Gasteiger partial charge in [0.15, 0.2) is 0 Å². The summed E-state index contributed by atoms with van der Waals surface area (Å²) in [5.74, 6) is -0.640. The summed E-state index contributed by atoms with van der Waals surface area (Å²) >= 11 is 0. The highest BCUT2D eigenvalue weighted by molar-refractivity contribution is 7.52. The highest BCUT2D eigenvalue weighted by Gasteiger charge is 2.30. The lowest BCUT2D eigenvalue weighted by Crippen LogP contribution is -2.34. The van der Waals surface area contributed by atoms with Crippen LogP contribution in [0.5, 0.6) is 5.75 Å². The maximum atomic E-state index is 13.8. The van der Waals surface area contributed by atoms with Crippen LogP contribution in [0.3, 0.4) is 0 Å². The van der Waals surface area contributed by atoms with E-state index in [1.54, 1.807) is 19.1 Å². The van der Waals surface area contributed by atoms with Crippen molar-refractivity contribution in [2.24, 2.45) is 0 Å². The third kappa shape index (κ3) is 11.9. The molecule has 40 heavy (non-hydrogen) atoms. The van der Waals surface area contributed by atoms with E-state index in [0.717, 1.165) is 10.8 Å². The van der Waals surface area contributed by atoms with Gasteiger partial charge in [-0.05, 0) is 31.2 Å². The van der Waals surface area contributed by atoms with Gasteiger partial charge in [0.2, 0.25) is 12.3 Å². The van der Waals surface area contributed by atoms with Gasteiger partial charge in [-0.2, -0.15) is 0 Å². The Balaban J connectivity index is 0.00000391. The van der Waals surface area contributed by atoms with E-state index in [9.17, 15) is 18.9 Å². The van der Waals surface area contributed by atoms with Gasteiger partial charge >= 0.3 is 13.7 Å². The fraction of sp³-hybridized carbons (Fsp3) is 0.464. The van der Waals surface area contributed by atoms with E-state index in [2.05, 4.69) is 10.4 Å². The summed E-state index contributed by atoms with van der Waals surface area (Å²) in [5.41, 5.74) is 0. The van der Waals surface area contributed by atoms with Crippen LogP contribution in [-0.2, 0) is 32.9 Å². The van der Waals surface area contributed by atoms with Crippen LogP contribution in [0, 0.1) is 0 Å². The van der Waals surface area contributed by atoms with Gasteiger partial charge in [0.05, 0.1) is 19.3 Å². The molecule has 3 unspecified atom stereocenters. The summed E-state index contributed by atoms with van der Waals surface area (Å²) in [6, 6.07) is 12.4. The maximum absolute atomic E-state index is 13.8. The van der Waals surface area contributed by atoms with Crippen molar-refractivity contribution in [3.05, 3.63) is 54.7 Å². The van der Waals surface area contributed by atoms with Crippen molar-refractivity contribution in [3.63, 3.8) is 0 Å². The molecule has 0 saturated carbocycles. The number of hydrogen-bond donors (Lipinski definition) is 2. The van der Waals surface area contributed by atoms with Gasteiger partial charge < -0.3 is 24.2 Å². The smallest absolute Gasteiger partial charge is 0.459 e. The molecule has 0 aliphatic carbocycles. The van der Waals surface area contributed by atoms with E-state index in [1.165, 1.54) is 31.3 Å². The molecule has 2 rings (SSSR count). The van der Waals surface area contributed by atoms with Gasteiger partial charge in [-0.15, -0.1) is 0 Å². The molecule has 0 fully saturated rings. The van der Waals surface area contributed by atoms with Crippen LogP contribution in [0.2, 0.25) is 0 Å². The predicted octanol–water partition coefficient (Wildman–Crippen LogP) is 4.42. The molecule has 0 aliphatic rings. The molecule has 12 heteroatoms. The second kappa shape index (κ2) is 18.9. The summed E-state index contributed by atoms with van der Waals surface area (Å²) < 4.78 is 35.9. The minimum absolute atomic E-state index is 0.175.